The lowest BCUT2D eigenvalue weighted by atomic mass is 9.91. The van der Waals surface area contributed by atoms with E-state index in [0.717, 1.165) is 96.2 Å². The Morgan fingerprint density at radius 2 is 1.55 bits per heavy atom. The highest BCUT2D eigenvalue weighted by molar-refractivity contribution is 7.13. The minimum atomic E-state index is -4.92. The molecule has 3 aliphatic heterocycles. The van der Waals surface area contributed by atoms with Crippen LogP contribution in [0, 0.1) is 19.8 Å². The van der Waals surface area contributed by atoms with E-state index in [-0.39, 0.29) is 43.0 Å². The molecule has 88 heavy (non-hydrogen) atoms. The number of unbranched alkanes of at least 4 members (excludes halogenated alkanes) is 5. The number of aromatic amines is 1. The van der Waals surface area contributed by atoms with Crippen LogP contribution in [-0.2, 0) is 31.9 Å². The molecule has 6 heterocycles. The zero-order valence-corrected chi connectivity index (χ0v) is 51.5. The van der Waals surface area contributed by atoms with E-state index in [9.17, 15) is 47.0 Å². The number of likely N-dealkylation sites (N-methyl/N-ethyl adjacent to an activating group) is 1. The Morgan fingerprint density at radius 1 is 0.841 bits per heavy atom. The van der Waals surface area contributed by atoms with E-state index in [1.165, 1.54) is 16.2 Å². The molecule has 0 spiro atoms. The lowest BCUT2D eigenvalue weighted by Gasteiger charge is -2.35. The number of carbonyl (C=O) groups is 5. The zero-order chi connectivity index (χ0) is 62.6. The average molecular weight is 1230 g/mol. The van der Waals surface area contributed by atoms with Gasteiger partial charge in [0, 0.05) is 103 Å². The Morgan fingerprint density at radius 3 is 2.23 bits per heavy atom. The number of hydrogen-bond donors (Lipinski definition) is 5. The zero-order valence-electron chi connectivity index (χ0n) is 50.7. The molecule has 19 nitrogen and oxygen atoms in total. The van der Waals surface area contributed by atoms with Gasteiger partial charge in [-0.3, -0.25) is 33.7 Å². The summed E-state index contributed by atoms with van der Waals surface area (Å²) in [4.78, 5) is 98.2. The third-order valence-electron chi connectivity index (χ3n) is 16.9. The summed E-state index contributed by atoms with van der Waals surface area (Å²) in [7, 11) is 2.02. The summed E-state index contributed by atoms with van der Waals surface area (Å²) in [6.07, 6.45) is 0.743. The Kier molecular flexibility index (Phi) is 21.7. The Hall–Kier alpha value is -7.73. The number of aryl methyl sites for hydroxylation is 2. The Labute approximate surface area is 515 Å². The van der Waals surface area contributed by atoms with Crippen LogP contribution in [0.5, 0.6) is 0 Å². The van der Waals surface area contributed by atoms with Crippen molar-refractivity contribution in [2.24, 2.45) is 5.92 Å². The number of benzene rings is 3. The number of nitrogens with one attached hydrogen (secondary N) is 4. The summed E-state index contributed by atoms with van der Waals surface area (Å²) in [5.74, 6) is -2.35. The van der Waals surface area contributed by atoms with Crippen molar-refractivity contribution in [3.8, 4) is 21.6 Å². The van der Waals surface area contributed by atoms with Gasteiger partial charge in [-0.05, 0) is 85.7 Å². The van der Waals surface area contributed by atoms with E-state index in [2.05, 4.69) is 51.8 Å². The number of piperazine rings is 2. The highest BCUT2D eigenvalue weighted by atomic mass is 32.1. The quantitative estimate of drug-likeness (QED) is 0.0357. The van der Waals surface area contributed by atoms with Gasteiger partial charge in [-0.25, -0.2) is 4.98 Å². The maximum atomic E-state index is 14.2. The molecular formula is C65H80F3N11O8S. The van der Waals surface area contributed by atoms with Crippen molar-refractivity contribution < 1.29 is 46.8 Å². The van der Waals surface area contributed by atoms with Gasteiger partial charge in [0.25, 0.3) is 5.91 Å². The van der Waals surface area contributed by atoms with Crippen molar-refractivity contribution in [3.05, 3.63) is 140 Å². The molecule has 3 saturated heterocycles. The first kappa shape index (κ1) is 64.7. The smallest absolute Gasteiger partial charge is 0.391 e. The number of likely N-dealkylation sites (tertiary alicyclic amines) is 1. The standard InChI is InChI=1S/C65H80F3N11O8S/c1-41(2)60(56-31-42(3)74-87-56)64(86)79-39-49(80)34-55(79)63(85)72-52(45-16-18-46(19-17-45)61-43(4)71-40-88-61)36-58(82)69-22-11-9-7-6-8-10-15-59(83)78-29-25-76(26-30-78)38-44-13-12-14-47(32-44)48-20-21-54(77-27-23-75(5)24-28-77)53(33-48)73-62(84)50-37-70-57(81)35-51(50)65(66,67)68/h12-14,16-21,31-33,35,37,40-41,49,52,55,60,80H,6-11,15,22-30,34,36,38-39H2,1-5H3,(H,69,82)(H,70,81)(H,72,85)(H,73,84)/t49-,52+,55+,60-/m1/s1. The fraction of sp³-hybridized carbons (Fsp3) is 0.477. The van der Waals surface area contributed by atoms with Gasteiger partial charge < -0.3 is 50.2 Å². The molecule has 0 radical (unpaired) electrons. The number of hydrogen-bond acceptors (Lipinski definition) is 14. The largest absolute Gasteiger partial charge is 0.417 e. The third-order valence-corrected chi connectivity index (χ3v) is 17.8. The Bertz CT molecular complexity index is 3440. The van der Waals surface area contributed by atoms with Gasteiger partial charge in [0.05, 0.1) is 62.8 Å². The summed E-state index contributed by atoms with van der Waals surface area (Å²) in [5, 5.41) is 23.6. The molecule has 4 atom stereocenters. The first-order valence-corrected chi connectivity index (χ1v) is 31.3. The summed E-state index contributed by atoms with van der Waals surface area (Å²) in [6, 6.07) is 21.7. The van der Waals surface area contributed by atoms with Crippen LogP contribution in [0.15, 0.2) is 99.9 Å². The van der Waals surface area contributed by atoms with Crippen LogP contribution in [0.4, 0.5) is 24.5 Å². The van der Waals surface area contributed by atoms with Crippen LogP contribution < -0.4 is 26.4 Å². The van der Waals surface area contributed by atoms with E-state index >= 15 is 0 Å². The number of aliphatic hydroxyl groups is 1. The number of anilines is 2. The van der Waals surface area contributed by atoms with Crippen molar-refractivity contribution in [1.82, 2.24) is 45.4 Å². The molecule has 9 rings (SSSR count). The monoisotopic (exact) mass is 1230 g/mol. The van der Waals surface area contributed by atoms with E-state index in [4.69, 9.17) is 4.52 Å². The van der Waals surface area contributed by atoms with Crippen LogP contribution in [-0.4, -0.2) is 154 Å². The number of amides is 5. The number of H-pyrrole nitrogens is 1. The molecule has 0 unspecified atom stereocenters. The third kappa shape index (κ3) is 16.7. The second kappa shape index (κ2) is 29.5. The number of carbonyl (C=O) groups excluding carboxylic acids is 5. The SMILES string of the molecule is Cc1cc([C@H](C(=O)N2C[C@H](O)C[C@H]2C(=O)N[C@@H](CC(=O)NCCCCCCCCC(=O)N2CCN(Cc3cccc(-c4ccc(N5CCN(C)CC5)c(NC(=O)c5c[nH]c(=O)cc5C(F)(F)F)c4)c3)CC2)c2ccc(-c3scnc3C)cc2)C(C)C)on1. The molecule has 5 N–H and O–H groups in total. The van der Waals surface area contributed by atoms with Crippen LogP contribution in [0.1, 0.15) is 128 Å². The highest BCUT2D eigenvalue weighted by Gasteiger charge is 2.44. The number of rotatable bonds is 24. The normalized spacial score (nSPS) is 17.5. The molecule has 6 aromatic rings. The maximum Gasteiger partial charge on any atom is 0.417 e. The van der Waals surface area contributed by atoms with Crippen molar-refractivity contribution in [3.63, 3.8) is 0 Å². The predicted octanol–water partition coefficient (Wildman–Crippen LogP) is 8.93. The molecule has 3 aliphatic rings. The molecule has 3 aromatic carbocycles. The molecule has 0 aliphatic carbocycles. The van der Waals surface area contributed by atoms with Gasteiger partial charge in [-0.15, -0.1) is 11.3 Å². The predicted molar refractivity (Wildman–Crippen MR) is 332 cm³/mol. The van der Waals surface area contributed by atoms with Crippen LogP contribution in [0.3, 0.4) is 0 Å². The van der Waals surface area contributed by atoms with Gasteiger partial charge >= 0.3 is 6.18 Å². The van der Waals surface area contributed by atoms with Crippen molar-refractivity contribution in [1.29, 1.82) is 0 Å². The van der Waals surface area contributed by atoms with Gasteiger partial charge in [-0.2, -0.15) is 13.2 Å². The number of pyridine rings is 1. The maximum absolute atomic E-state index is 14.2. The Balaban J connectivity index is 0.707. The number of thiazole rings is 1. The van der Waals surface area contributed by atoms with E-state index in [1.807, 2.05) is 87.3 Å². The van der Waals surface area contributed by atoms with Crippen molar-refractivity contribution >= 4 is 52.2 Å². The number of aromatic nitrogens is 3. The number of halogens is 3. The van der Waals surface area contributed by atoms with Gasteiger partial charge in [0.15, 0.2) is 0 Å². The molecule has 3 fully saturated rings. The summed E-state index contributed by atoms with van der Waals surface area (Å²) in [5.41, 5.74) is 5.78. The number of nitrogens with zero attached hydrogens (tertiary/aromatic N) is 7. The number of alkyl halides is 3. The molecule has 0 saturated carbocycles. The summed E-state index contributed by atoms with van der Waals surface area (Å²) >= 11 is 1.53. The minimum absolute atomic E-state index is 0.0114. The number of aliphatic hydroxyl groups excluding tert-OH is 1. The van der Waals surface area contributed by atoms with Gasteiger partial charge in [-0.1, -0.05) is 93.2 Å². The van der Waals surface area contributed by atoms with Crippen molar-refractivity contribution in [2.75, 3.05) is 82.7 Å². The average Bonchev–Trinajstić information content (AvgIpc) is 2.86. The molecule has 0 bridgehead atoms. The van der Waals surface area contributed by atoms with E-state index < -0.39 is 58.8 Å². The fourth-order valence-electron chi connectivity index (χ4n) is 12.0. The lowest BCUT2D eigenvalue weighted by Crippen LogP contribution is -2.49. The minimum Gasteiger partial charge on any atom is -0.391 e. The highest BCUT2D eigenvalue weighted by Crippen LogP contribution is 2.37. The molecule has 5 amide bonds. The molecule has 23 heteroatoms. The van der Waals surface area contributed by atoms with Crippen LogP contribution in [0.2, 0.25) is 0 Å². The molecule has 470 valence electrons. The van der Waals surface area contributed by atoms with Gasteiger partial charge in [0.1, 0.15) is 17.7 Å². The first-order valence-electron chi connectivity index (χ1n) is 30.5. The van der Waals surface area contributed by atoms with E-state index in [1.54, 1.807) is 24.6 Å². The number of β-amino-alcohol motifs (C(OH)–C–C–N with tert-alkyl or cyclic N) is 1. The van der Waals surface area contributed by atoms with Crippen LogP contribution >= 0.6 is 11.3 Å². The molecule has 3 aromatic heterocycles. The van der Waals surface area contributed by atoms with Crippen LogP contribution in [0.25, 0.3) is 21.6 Å². The second-order valence-electron chi connectivity index (χ2n) is 23.8. The molecular weight excluding hydrogens is 1150 g/mol. The van der Waals surface area contributed by atoms with Crippen molar-refractivity contribution in [2.45, 2.75) is 122 Å². The summed E-state index contributed by atoms with van der Waals surface area (Å²) in [6.45, 7) is 14.1. The topological polar surface area (TPSA) is 230 Å². The lowest BCUT2D eigenvalue weighted by molar-refractivity contribution is -0.141. The van der Waals surface area contributed by atoms with E-state index in [0.29, 0.717) is 87.7 Å². The first-order chi connectivity index (χ1) is 42.2. The summed E-state index contributed by atoms with van der Waals surface area (Å²) < 4.78 is 47.5. The fourth-order valence-corrected chi connectivity index (χ4v) is 12.8. The van der Waals surface area contributed by atoms with Gasteiger partial charge in [0.2, 0.25) is 29.2 Å². The second-order valence-corrected chi connectivity index (χ2v) is 24.7.